The number of carbonyl (C=O) groups is 2. The van der Waals surface area contributed by atoms with Crippen molar-refractivity contribution in [3.63, 3.8) is 0 Å². The second kappa shape index (κ2) is 6.27. The van der Waals surface area contributed by atoms with Gasteiger partial charge in [-0.15, -0.1) is 0 Å². The molecule has 0 radical (unpaired) electrons. The van der Waals surface area contributed by atoms with Crippen LogP contribution in [0.5, 0.6) is 5.75 Å². The Hall–Kier alpha value is -1.63. The number of Topliss-reactive ketones (excluding diaryl/α,β-unsaturated/α-hetero) is 1. The third-order valence-corrected chi connectivity index (χ3v) is 4.89. The molecule has 1 spiro atoms. The molecule has 136 valence electrons. The highest BCUT2D eigenvalue weighted by molar-refractivity contribution is 9.10. The number of ketones is 1. The van der Waals surface area contributed by atoms with Crippen molar-refractivity contribution in [3.05, 3.63) is 28.0 Å². The Bertz CT molecular complexity index is 721. The number of hydrogen-bond acceptors (Lipinski definition) is 4. The number of amides is 1. The number of hydrogen-bond donors (Lipinski definition) is 0. The Morgan fingerprint density at radius 2 is 1.96 bits per heavy atom. The molecule has 0 bridgehead atoms. The van der Waals surface area contributed by atoms with Crippen LogP contribution in [0.4, 0.5) is 9.18 Å². The lowest BCUT2D eigenvalue weighted by Gasteiger charge is -2.44. The van der Waals surface area contributed by atoms with Gasteiger partial charge in [0, 0.05) is 30.4 Å². The second-order valence-electron chi connectivity index (χ2n) is 7.62. The number of carbonyl (C=O) groups excluding carboxylic acids is 2. The molecule has 1 saturated heterocycles. The van der Waals surface area contributed by atoms with E-state index >= 15 is 0 Å². The topological polar surface area (TPSA) is 55.8 Å². The normalized spacial score (nSPS) is 19.4. The summed E-state index contributed by atoms with van der Waals surface area (Å²) in [5, 5.41) is 0. The Kier molecular flexibility index (Phi) is 4.56. The van der Waals surface area contributed by atoms with Gasteiger partial charge in [-0.05, 0) is 32.9 Å². The number of nitrogens with zero attached hydrogens (tertiary/aromatic N) is 1. The lowest BCUT2D eigenvalue weighted by atomic mass is 9.82. The molecule has 1 aromatic carbocycles. The van der Waals surface area contributed by atoms with E-state index in [0.29, 0.717) is 30.4 Å². The van der Waals surface area contributed by atoms with Crippen LogP contribution in [0.25, 0.3) is 0 Å². The molecule has 0 aliphatic carbocycles. The van der Waals surface area contributed by atoms with Gasteiger partial charge >= 0.3 is 6.09 Å². The first-order valence-corrected chi connectivity index (χ1v) is 9.07. The quantitative estimate of drug-likeness (QED) is 0.635. The molecular weight excluding hydrogens is 393 g/mol. The molecule has 0 N–H and O–H groups in total. The fraction of sp³-hybridized carbons (Fsp3) is 0.556. The van der Waals surface area contributed by atoms with Gasteiger partial charge in [-0.25, -0.2) is 9.18 Å². The number of ether oxygens (including phenoxy) is 2. The van der Waals surface area contributed by atoms with Crippen LogP contribution in [-0.4, -0.2) is 41.1 Å². The molecule has 2 aliphatic heterocycles. The van der Waals surface area contributed by atoms with E-state index in [9.17, 15) is 14.0 Å². The minimum atomic E-state index is -0.753. The predicted octanol–water partition coefficient (Wildman–Crippen LogP) is 4.32. The monoisotopic (exact) mass is 413 g/mol. The number of fused-ring (bicyclic) bond motifs is 1. The molecule has 0 atom stereocenters. The standard InChI is InChI=1S/C18H21BrFNO4/c1-17(2,3)25-16(23)21-6-4-18(5-7-21)10-14(22)12-8-11(19)9-13(20)15(12)24-18/h8-9H,4-7,10H2,1-3H3. The van der Waals surface area contributed by atoms with Gasteiger partial charge in [0.2, 0.25) is 0 Å². The van der Waals surface area contributed by atoms with Crippen LogP contribution in [-0.2, 0) is 4.74 Å². The Balaban J connectivity index is 1.74. The first-order valence-electron chi connectivity index (χ1n) is 8.28. The van der Waals surface area contributed by atoms with E-state index in [2.05, 4.69) is 15.9 Å². The van der Waals surface area contributed by atoms with Crippen molar-refractivity contribution < 1.29 is 23.5 Å². The zero-order valence-electron chi connectivity index (χ0n) is 14.5. The molecule has 1 aromatic rings. The van der Waals surface area contributed by atoms with Crippen molar-refractivity contribution in [2.75, 3.05) is 13.1 Å². The molecular formula is C18H21BrFNO4. The molecule has 7 heteroatoms. The molecule has 0 unspecified atom stereocenters. The number of benzene rings is 1. The van der Waals surface area contributed by atoms with Crippen LogP contribution in [0.1, 0.15) is 50.4 Å². The van der Waals surface area contributed by atoms with Crippen molar-refractivity contribution in [1.29, 1.82) is 0 Å². The van der Waals surface area contributed by atoms with Crippen LogP contribution in [0.3, 0.4) is 0 Å². The number of halogens is 2. The molecule has 1 fully saturated rings. The van der Waals surface area contributed by atoms with Gasteiger partial charge < -0.3 is 14.4 Å². The Morgan fingerprint density at radius 1 is 1.32 bits per heavy atom. The highest BCUT2D eigenvalue weighted by Gasteiger charge is 2.45. The van der Waals surface area contributed by atoms with Crippen LogP contribution in [0, 0.1) is 5.82 Å². The molecule has 5 nitrogen and oxygen atoms in total. The van der Waals surface area contributed by atoms with Crippen molar-refractivity contribution in [2.45, 2.75) is 51.2 Å². The molecule has 3 rings (SSSR count). The van der Waals surface area contributed by atoms with Gasteiger partial charge in [0.15, 0.2) is 17.3 Å². The summed E-state index contributed by atoms with van der Waals surface area (Å²) in [5.41, 5.74) is -1.04. The molecule has 0 saturated carbocycles. The van der Waals surface area contributed by atoms with E-state index in [0.717, 1.165) is 0 Å². The molecule has 2 heterocycles. The summed E-state index contributed by atoms with van der Waals surface area (Å²) in [6, 6.07) is 2.88. The molecule has 2 aliphatic rings. The highest BCUT2D eigenvalue weighted by Crippen LogP contribution is 2.41. The first-order chi connectivity index (χ1) is 11.6. The Morgan fingerprint density at radius 3 is 2.56 bits per heavy atom. The van der Waals surface area contributed by atoms with Crippen molar-refractivity contribution in [3.8, 4) is 5.75 Å². The number of piperidine rings is 1. The number of rotatable bonds is 0. The first kappa shape index (κ1) is 18.2. The van der Waals surface area contributed by atoms with Crippen LogP contribution in [0.2, 0.25) is 0 Å². The summed E-state index contributed by atoms with van der Waals surface area (Å²) in [5.74, 6) is -0.663. The summed E-state index contributed by atoms with van der Waals surface area (Å²) >= 11 is 3.20. The van der Waals surface area contributed by atoms with Gasteiger partial charge in [0.1, 0.15) is 11.2 Å². The fourth-order valence-electron chi connectivity index (χ4n) is 3.21. The summed E-state index contributed by atoms with van der Waals surface area (Å²) in [6.45, 7) is 6.27. The third kappa shape index (κ3) is 3.81. The van der Waals surface area contributed by atoms with E-state index < -0.39 is 17.0 Å². The van der Waals surface area contributed by atoms with Gasteiger partial charge in [-0.1, -0.05) is 15.9 Å². The summed E-state index contributed by atoms with van der Waals surface area (Å²) in [7, 11) is 0. The smallest absolute Gasteiger partial charge is 0.410 e. The van der Waals surface area contributed by atoms with Crippen LogP contribution in [0.15, 0.2) is 16.6 Å². The maximum atomic E-state index is 14.2. The SMILES string of the molecule is CC(C)(C)OC(=O)N1CCC2(CC1)CC(=O)c1cc(Br)cc(F)c1O2. The minimum absolute atomic E-state index is 0.0187. The summed E-state index contributed by atoms with van der Waals surface area (Å²) < 4.78 is 26.1. The van der Waals surface area contributed by atoms with E-state index in [1.54, 1.807) is 11.0 Å². The third-order valence-electron chi connectivity index (χ3n) is 4.44. The average molecular weight is 414 g/mol. The van der Waals surface area contributed by atoms with Crippen molar-refractivity contribution in [2.24, 2.45) is 0 Å². The predicted molar refractivity (Wildman–Crippen MR) is 93.4 cm³/mol. The van der Waals surface area contributed by atoms with Gasteiger partial charge in [0.25, 0.3) is 0 Å². The second-order valence-corrected chi connectivity index (χ2v) is 8.53. The van der Waals surface area contributed by atoms with E-state index in [1.807, 2.05) is 20.8 Å². The largest absolute Gasteiger partial charge is 0.483 e. The van der Waals surface area contributed by atoms with Crippen LogP contribution < -0.4 is 4.74 Å². The zero-order chi connectivity index (χ0) is 18.4. The zero-order valence-corrected chi connectivity index (χ0v) is 16.1. The van der Waals surface area contributed by atoms with Gasteiger partial charge in [-0.2, -0.15) is 0 Å². The van der Waals surface area contributed by atoms with E-state index in [-0.39, 0.29) is 29.6 Å². The van der Waals surface area contributed by atoms with Crippen LogP contribution >= 0.6 is 15.9 Å². The van der Waals surface area contributed by atoms with Gasteiger partial charge in [0.05, 0.1) is 12.0 Å². The molecule has 0 aromatic heterocycles. The molecule has 1 amide bonds. The number of likely N-dealkylation sites (tertiary alicyclic amines) is 1. The minimum Gasteiger partial charge on any atom is -0.483 e. The molecule has 25 heavy (non-hydrogen) atoms. The van der Waals surface area contributed by atoms with E-state index in [4.69, 9.17) is 9.47 Å². The average Bonchev–Trinajstić information content (AvgIpc) is 2.48. The maximum absolute atomic E-state index is 14.2. The van der Waals surface area contributed by atoms with Crippen molar-refractivity contribution in [1.82, 2.24) is 4.90 Å². The van der Waals surface area contributed by atoms with Gasteiger partial charge in [-0.3, -0.25) is 4.79 Å². The lowest BCUT2D eigenvalue weighted by Crippen LogP contribution is -2.53. The fourth-order valence-corrected chi connectivity index (χ4v) is 3.64. The summed E-state index contributed by atoms with van der Waals surface area (Å²) in [4.78, 5) is 26.3. The highest BCUT2D eigenvalue weighted by atomic mass is 79.9. The summed E-state index contributed by atoms with van der Waals surface area (Å²) in [6.07, 6.45) is 0.748. The maximum Gasteiger partial charge on any atom is 0.410 e. The Labute approximate surface area is 154 Å². The van der Waals surface area contributed by atoms with E-state index in [1.165, 1.54) is 6.07 Å². The lowest BCUT2D eigenvalue weighted by molar-refractivity contribution is -0.0243. The van der Waals surface area contributed by atoms with Crippen molar-refractivity contribution >= 4 is 27.8 Å².